The van der Waals surface area contributed by atoms with E-state index in [1.165, 1.54) is 5.56 Å². The maximum Gasteiger partial charge on any atom is 0.0655 e. The van der Waals surface area contributed by atoms with Gasteiger partial charge in [0.15, 0.2) is 0 Å². The van der Waals surface area contributed by atoms with E-state index in [4.69, 9.17) is 5.73 Å². The van der Waals surface area contributed by atoms with Crippen LogP contribution in [0.15, 0.2) is 48.5 Å². The van der Waals surface area contributed by atoms with Crippen LogP contribution < -0.4 is 22.5 Å². The van der Waals surface area contributed by atoms with E-state index in [1.54, 1.807) is 0 Å². The zero-order valence-corrected chi connectivity index (χ0v) is 11.6. The van der Waals surface area contributed by atoms with E-state index in [-0.39, 0.29) is 6.15 Å². The summed E-state index contributed by atoms with van der Waals surface area (Å²) in [5.74, 6) is 0. The second kappa shape index (κ2) is 5.67. The third-order valence-electron chi connectivity index (χ3n) is 3.49. The monoisotopic (exact) mass is 268 g/mol. The van der Waals surface area contributed by atoms with Crippen LogP contribution in [0.1, 0.15) is 16.7 Å². The molecule has 0 saturated carbocycles. The summed E-state index contributed by atoms with van der Waals surface area (Å²) in [7, 11) is 1.91. The molecule has 0 amide bonds. The molecule has 0 radical (unpaired) electrons. The number of para-hydroxylation sites is 1. The van der Waals surface area contributed by atoms with Crippen LogP contribution in [0.4, 0.5) is 5.69 Å². The average Bonchev–Trinajstić information content (AvgIpc) is 2.46. The van der Waals surface area contributed by atoms with Crippen molar-refractivity contribution < 1.29 is 0 Å². The molecule has 1 aliphatic rings. The van der Waals surface area contributed by atoms with Gasteiger partial charge in [-0.1, -0.05) is 42.5 Å². The number of anilines is 1. The van der Waals surface area contributed by atoms with Gasteiger partial charge in [0, 0.05) is 30.4 Å². The van der Waals surface area contributed by atoms with Crippen LogP contribution in [0.3, 0.4) is 0 Å². The fraction of sp³-hybridized carbons (Fsp3) is 0.125. The molecule has 1 heterocycles. The van der Waals surface area contributed by atoms with Crippen molar-refractivity contribution in [3.63, 3.8) is 0 Å². The predicted molar refractivity (Wildman–Crippen MR) is 85.3 cm³/mol. The first-order valence-electron chi connectivity index (χ1n) is 6.40. The minimum absolute atomic E-state index is 0. The minimum Gasteiger partial charge on any atom is -0.396 e. The van der Waals surface area contributed by atoms with Crippen LogP contribution in [0, 0.1) is 0 Å². The van der Waals surface area contributed by atoms with E-state index >= 15 is 0 Å². The first kappa shape index (κ1) is 14.0. The molecule has 7 N–H and O–H groups in total. The lowest BCUT2D eigenvalue weighted by Crippen LogP contribution is -2.18. The number of hydrogen-bond acceptors (Lipinski definition) is 4. The van der Waals surface area contributed by atoms with Gasteiger partial charge in [-0.3, -0.25) is 0 Å². The number of nitrogens with one attached hydrogen (secondary N) is 2. The zero-order chi connectivity index (χ0) is 13.2. The molecule has 0 atom stereocenters. The average molecular weight is 268 g/mol. The zero-order valence-electron chi connectivity index (χ0n) is 11.6. The molecule has 104 valence electrons. The molecule has 0 aromatic heterocycles. The molecule has 4 nitrogen and oxygen atoms in total. The van der Waals surface area contributed by atoms with Crippen LogP contribution in [0.25, 0.3) is 11.4 Å². The second-order valence-corrected chi connectivity index (χ2v) is 4.59. The summed E-state index contributed by atoms with van der Waals surface area (Å²) in [5, 5.41) is 6.70. The van der Waals surface area contributed by atoms with Gasteiger partial charge in [-0.15, -0.1) is 0 Å². The standard InChI is InChI=1S/C16H17N3.H3N/c1-18-16-12-7-3-2-6-11(12)10-19-14-9-5-4-8-13(14)15(16)17;/h2-9,18-19H,10,17H2,1H3;1H3/b16-15-;. The van der Waals surface area contributed by atoms with Gasteiger partial charge in [-0.05, 0) is 11.6 Å². The van der Waals surface area contributed by atoms with Crippen molar-refractivity contribution in [1.29, 1.82) is 0 Å². The molecule has 20 heavy (non-hydrogen) atoms. The molecule has 0 spiro atoms. The lowest BCUT2D eigenvalue weighted by atomic mass is 9.97. The minimum atomic E-state index is 0. The van der Waals surface area contributed by atoms with Crippen molar-refractivity contribution in [2.24, 2.45) is 5.73 Å². The first-order chi connectivity index (χ1) is 9.31. The van der Waals surface area contributed by atoms with Gasteiger partial charge < -0.3 is 22.5 Å². The van der Waals surface area contributed by atoms with Crippen molar-refractivity contribution in [2.75, 3.05) is 12.4 Å². The second-order valence-electron chi connectivity index (χ2n) is 4.59. The van der Waals surface area contributed by atoms with Crippen molar-refractivity contribution in [3.8, 4) is 0 Å². The Kier molecular flexibility index (Phi) is 3.96. The van der Waals surface area contributed by atoms with Gasteiger partial charge in [-0.25, -0.2) is 0 Å². The molecule has 3 rings (SSSR count). The van der Waals surface area contributed by atoms with Gasteiger partial charge in [-0.2, -0.15) is 0 Å². The summed E-state index contributed by atoms with van der Waals surface area (Å²) in [4.78, 5) is 0. The van der Waals surface area contributed by atoms with E-state index in [0.717, 1.165) is 34.8 Å². The van der Waals surface area contributed by atoms with Gasteiger partial charge in [0.2, 0.25) is 0 Å². The summed E-state index contributed by atoms with van der Waals surface area (Å²) >= 11 is 0. The molecule has 0 fully saturated rings. The topological polar surface area (TPSA) is 85.1 Å². The van der Waals surface area contributed by atoms with Gasteiger partial charge in [0.05, 0.1) is 11.4 Å². The SMILES string of the molecule is CN/C1=C(\N)c2ccccc2NCc2ccccc21.N. The molecule has 0 aliphatic carbocycles. The number of rotatable bonds is 1. The molecule has 0 unspecified atom stereocenters. The third kappa shape index (κ3) is 2.21. The van der Waals surface area contributed by atoms with Crippen LogP contribution in [0.5, 0.6) is 0 Å². The molecular formula is C16H20N4. The van der Waals surface area contributed by atoms with E-state index in [0.29, 0.717) is 0 Å². The quantitative estimate of drug-likeness (QED) is 0.640. The fourth-order valence-electron chi connectivity index (χ4n) is 2.53. The Morgan fingerprint density at radius 3 is 2.40 bits per heavy atom. The number of hydrogen-bond donors (Lipinski definition) is 4. The van der Waals surface area contributed by atoms with Crippen molar-refractivity contribution >= 4 is 17.1 Å². The molecule has 2 aromatic rings. The van der Waals surface area contributed by atoms with Gasteiger partial charge in [0.25, 0.3) is 0 Å². The van der Waals surface area contributed by atoms with Crippen LogP contribution >= 0.6 is 0 Å². The third-order valence-corrected chi connectivity index (χ3v) is 3.49. The van der Waals surface area contributed by atoms with E-state index < -0.39 is 0 Å². The van der Waals surface area contributed by atoms with Gasteiger partial charge in [0.1, 0.15) is 0 Å². The maximum atomic E-state index is 6.36. The van der Waals surface area contributed by atoms with Crippen molar-refractivity contribution in [3.05, 3.63) is 65.2 Å². The van der Waals surface area contributed by atoms with Crippen LogP contribution in [-0.4, -0.2) is 7.05 Å². The molecule has 2 aromatic carbocycles. The normalized spacial score (nSPS) is 16.6. The summed E-state index contributed by atoms with van der Waals surface area (Å²) in [5.41, 5.74) is 12.6. The van der Waals surface area contributed by atoms with E-state index in [1.807, 2.05) is 31.3 Å². The Bertz CT molecular complexity index is 646. The largest absolute Gasteiger partial charge is 0.396 e. The van der Waals surface area contributed by atoms with E-state index in [9.17, 15) is 0 Å². The highest BCUT2D eigenvalue weighted by atomic mass is 14.9. The van der Waals surface area contributed by atoms with Crippen molar-refractivity contribution in [1.82, 2.24) is 11.5 Å². The Labute approximate surface area is 119 Å². The lowest BCUT2D eigenvalue weighted by molar-refractivity contribution is 1.07. The molecule has 4 heteroatoms. The first-order valence-corrected chi connectivity index (χ1v) is 6.40. The molecular weight excluding hydrogens is 248 g/mol. The number of fused-ring (bicyclic) bond motifs is 2. The highest BCUT2D eigenvalue weighted by molar-refractivity contribution is 5.93. The highest BCUT2D eigenvalue weighted by Crippen LogP contribution is 2.30. The van der Waals surface area contributed by atoms with Crippen LogP contribution in [0.2, 0.25) is 0 Å². The highest BCUT2D eigenvalue weighted by Gasteiger charge is 2.16. The molecule has 1 aliphatic heterocycles. The maximum absolute atomic E-state index is 6.36. The molecule has 0 bridgehead atoms. The summed E-state index contributed by atoms with van der Waals surface area (Å²) in [6.07, 6.45) is 0. The number of benzene rings is 2. The van der Waals surface area contributed by atoms with Crippen LogP contribution in [-0.2, 0) is 6.54 Å². The lowest BCUT2D eigenvalue weighted by Gasteiger charge is -2.22. The Balaban J connectivity index is 0.00000147. The summed E-state index contributed by atoms with van der Waals surface area (Å²) in [6, 6.07) is 16.4. The fourth-order valence-corrected chi connectivity index (χ4v) is 2.53. The Hall–Kier alpha value is -2.46. The summed E-state index contributed by atoms with van der Waals surface area (Å²) in [6.45, 7) is 0.797. The Morgan fingerprint density at radius 2 is 1.65 bits per heavy atom. The van der Waals surface area contributed by atoms with E-state index in [2.05, 4.69) is 34.9 Å². The van der Waals surface area contributed by atoms with Gasteiger partial charge >= 0.3 is 0 Å². The Morgan fingerprint density at radius 1 is 1.00 bits per heavy atom. The number of nitrogens with two attached hydrogens (primary N) is 1. The smallest absolute Gasteiger partial charge is 0.0655 e. The summed E-state index contributed by atoms with van der Waals surface area (Å²) < 4.78 is 0. The molecule has 0 saturated heterocycles. The van der Waals surface area contributed by atoms with Crippen molar-refractivity contribution in [2.45, 2.75) is 6.54 Å². The predicted octanol–water partition coefficient (Wildman–Crippen LogP) is 2.78.